The zero-order valence-electron chi connectivity index (χ0n) is 16.6. The second-order valence-electron chi connectivity index (χ2n) is 7.82. The molecule has 2 fully saturated rings. The number of rotatable bonds is 3. The molecule has 6 nitrogen and oxygen atoms in total. The summed E-state index contributed by atoms with van der Waals surface area (Å²) in [6.45, 7) is 1.84. The number of anilines is 2. The summed E-state index contributed by atoms with van der Waals surface area (Å²) in [7, 11) is 0. The highest BCUT2D eigenvalue weighted by molar-refractivity contribution is 6.32. The lowest BCUT2D eigenvalue weighted by atomic mass is 10.1. The summed E-state index contributed by atoms with van der Waals surface area (Å²) >= 11 is 0. The van der Waals surface area contributed by atoms with Gasteiger partial charge in [0.1, 0.15) is 17.1 Å². The highest BCUT2D eigenvalue weighted by Crippen LogP contribution is 2.56. The molecule has 1 spiro atoms. The van der Waals surface area contributed by atoms with Crippen LogP contribution in [0.2, 0.25) is 0 Å². The third-order valence-corrected chi connectivity index (χ3v) is 5.88. The van der Waals surface area contributed by atoms with E-state index in [9.17, 15) is 27.2 Å². The third kappa shape index (κ3) is 2.97. The van der Waals surface area contributed by atoms with Crippen molar-refractivity contribution in [2.24, 2.45) is 5.92 Å². The maximum Gasteiger partial charge on any atom is 0.573 e. The highest BCUT2D eigenvalue weighted by atomic mass is 19.4. The van der Waals surface area contributed by atoms with Crippen molar-refractivity contribution >= 4 is 34.2 Å². The van der Waals surface area contributed by atoms with Crippen molar-refractivity contribution in [2.45, 2.75) is 25.2 Å². The van der Waals surface area contributed by atoms with E-state index < -0.39 is 35.4 Å². The molecule has 1 aromatic heterocycles. The van der Waals surface area contributed by atoms with E-state index >= 15 is 0 Å². The maximum absolute atomic E-state index is 13.7. The number of urea groups is 1. The van der Waals surface area contributed by atoms with Crippen molar-refractivity contribution in [3.8, 4) is 5.75 Å². The number of pyridine rings is 1. The van der Waals surface area contributed by atoms with E-state index in [-0.39, 0.29) is 11.6 Å². The topological polar surface area (TPSA) is 62.7 Å². The monoisotopic (exact) mass is 445 g/mol. The first kappa shape index (κ1) is 20.2. The van der Waals surface area contributed by atoms with Gasteiger partial charge in [-0.05, 0) is 54.8 Å². The molecule has 2 heterocycles. The van der Waals surface area contributed by atoms with E-state index in [1.807, 2.05) is 6.92 Å². The van der Waals surface area contributed by atoms with E-state index in [0.717, 1.165) is 17.0 Å². The molecule has 5 rings (SSSR count). The molecule has 0 N–H and O–H groups in total. The fraction of sp³-hybridized carbons (Fsp3) is 0.227. The smallest absolute Gasteiger partial charge is 0.406 e. The average molecular weight is 445 g/mol. The second-order valence-corrected chi connectivity index (χ2v) is 7.82. The molecule has 2 aromatic carbocycles. The molecule has 1 saturated carbocycles. The number of halogens is 4. The third-order valence-electron chi connectivity index (χ3n) is 5.88. The fourth-order valence-corrected chi connectivity index (χ4v) is 4.31. The molecule has 3 amide bonds. The number of carbonyl (C=O) groups excluding carboxylic acids is 2. The predicted octanol–water partition coefficient (Wildman–Crippen LogP) is 5.02. The highest BCUT2D eigenvalue weighted by Gasteiger charge is 2.70. The van der Waals surface area contributed by atoms with Crippen LogP contribution in [0.1, 0.15) is 13.3 Å². The van der Waals surface area contributed by atoms with E-state index in [2.05, 4.69) is 9.72 Å². The van der Waals surface area contributed by atoms with Gasteiger partial charge in [0.15, 0.2) is 0 Å². The van der Waals surface area contributed by atoms with Gasteiger partial charge in [0.2, 0.25) is 0 Å². The number of amides is 3. The van der Waals surface area contributed by atoms with E-state index in [4.69, 9.17) is 0 Å². The number of aromatic nitrogens is 1. The van der Waals surface area contributed by atoms with Gasteiger partial charge in [-0.2, -0.15) is 0 Å². The Morgan fingerprint density at radius 3 is 2.41 bits per heavy atom. The van der Waals surface area contributed by atoms with Crippen LogP contribution in [0.15, 0.2) is 54.7 Å². The largest absolute Gasteiger partial charge is 0.573 e. The molecular weight excluding hydrogens is 430 g/mol. The Labute approximate surface area is 179 Å². The lowest BCUT2D eigenvalue weighted by Gasteiger charge is -2.23. The normalized spacial score (nSPS) is 22.8. The molecule has 0 radical (unpaired) electrons. The zero-order valence-corrected chi connectivity index (χ0v) is 16.6. The molecule has 2 unspecified atom stereocenters. The maximum atomic E-state index is 13.7. The SMILES string of the molecule is CC1CC12C(=O)N(c1ccc(OC(F)(F)F)cc1)C(=O)N2c1ccnc2cc(F)ccc12. The van der Waals surface area contributed by atoms with Crippen LogP contribution in [0.25, 0.3) is 10.9 Å². The van der Waals surface area contributed by atoms with Gasteiger partial charge in [-0.3, -0.25) is 14.7 Å². The number of fused-ring (bicyclic) bond motifs is 1. The van der Waals surface area contributed by atoms with Crippen LogP contribution in [0, 0.1) is 11.7 Å². The molecule has 1 aliphatic heterocycles. The van der Waals surface area contributed by atoms with Gasteiger partial charge in [-0.1, -0.05) is 6.92 Å². The molecule has 2 atom stereocenters. The minimum Gasteiger partial charge on any atom is -0.406 e. The van der Waals surface area contributed by atoms with Crippen LogP contribution in [-0.2, 0) is 4.79 Å². The minimum atomic E-state index is -4.85. The van der Waals surface area contributed by atoms with Crippen LogP contribution < -0.4 is 14.5 Å². The van der Waals surface area contributed by atoms with Gasteiger partial charge in [-0.25, -0.2) is 14.1 Å². The summed E-state index contributed by atoms with van der Waals surface area (Å²) < 4.78 is 54.8. The summed E-state index contributed by atoms with van der Waals surface area (Å²) in [6, 6.07) is 9.46. The van der Waals surface area contributed by atoms with Crippen LogP contribution >= 0.6 is 0 Å². The Morgan fingerprint density at radius 2 is 1.78 bits per heavy atom. The molecule has 32 heavy (non-hydrogen) atoms. The number of carbonyl (C=O) groups is 2. The standard InChI is InChI=1S/C22H15F4N3O3/c1-12-11-21(12)19(30)28(14-3-5-15(6-4-14)32-22(24,25)26)20(31)29(21)18-8-9-27-17-10-13(23)2-7-16(17)18/h2-10,12H,11H2,1H3. The number of hydrogen-bond donors (Lipinski definition) is 0. The number of benzene rings is 2. The molecule has 0 bridgehead atoms. The summed E-state index contributed by atoms with van der Waals surface area (Å²) in [5, 5.41) is 0.504. The number of ether oxygens (including phenoxy) is 1. The van der Waals surface area contributed by atoms with E-state index in [1.54, 1.807) is 6.07 Å². The fourth-order valence-electron chi connectivity index (χ4n) is 4.31. The van der Waals surface area contributed by atoms with Crippen molar-refractivity contribution in [1.29, 1.82) is 0 Å². The first-order valence-corrected chi connectivity index (χ1v) is 9.71. The summed E-state index contributed by atoms with van der Waals surface area (Å²) in [5.74, 6) is -1.55. The van der Waals surface area contributed by atoms with Crippen LogP contribution in [0.5, 0.6) is 5.75 Å². The van der Waals surface area contributed by atoms with Crippen molar-refractivity contribution in [3.05, 3.63) is 60.5 Å². The molecule has 2 aliphatic rings. The van der Waals surface area contributed by atoms with Crippen LogP contribution in [0.4, 0.5) is 33.7 Å². The summed E-state index contributed by atoms with van der Waals surface area (Å²) in [5.41, 5.74) is -0.239. The predicted molar refractivity (Wildman–Crippen MR) is 107 cm³/mol. The quantitative estimate of drug-likeness (QED) is 0.419. The van der Waals surface area contributed by atoms with Gasteiger partial charge >= 0.3 is 12.4 Å². The Kier molecular flexibility index (Phi) is 4.20. The summed E-state index contributed by atoms with van der Waals surface area (Å²) in [6.07, 6.45) is -3.00. The average Bonchev–Trinajstić information content (AvgIpc) is 3.33. The number of hydrogen-bond acceptors (Lipinski definition) is 4. The molecular formula is C22H15F4N3O3. The molecule has 3 aromatic rings. The minimum absolute atomic E-state index is 0.125. The molecule has 10 heteroatoms. The van der Waals surface area contributed by atoms with Gasteiger partial charge in [0.05, 0.1) is 16.9 Å². The second kappa shape index (κ2) is 6.65. The Morgan fingerprint density at radius 1 is 1.09 bits per heavy atom. The van der Waals surface area contributed by atoms with Crippen molar-refractivity contribution in [1.82, 2.24) is 4.98 Å². The van der Waals surface area contributed by atoms with E-state index in [0.29, 0.717) is 23.0 Å². The lowest BCUT2D eigenvalue weighted by molar-refractivity contribution is -0.274. The number of imide groups is 1. The van der Waals surface area contributed by atoms with Crippen molar-refractivity contribution in [3.63, 3.8) is 0 Å². The number of nitrogens with zero attached hydrogens (tertiary/aromatic N) is 3. The first-order chi connectivity index (χ1) is 15.1. The van der Waals surface area contributed by atoms with E-state index in [1.165, 1.54) is 41.4 Å². The summed E-state index contributed by atoms with van der Waals surface area (Å²) in [4.78, 5) is 33.3. The Hall–Kier alpha value is -3.69. The molecule has 1 saturated heterocycles. The van der Waals surface area contributed by atoms with Gasteiger partial charge in [-0.15, -0.1) is 13.2 Å². The molecule has 1 aliphatic carbocycles. The number of alkyl halides is 3. The Bertz CT molecular complexity index is 1260. The Balaban J connectivity index is 1.57. The van der Waals surface area contributed by atoms with Crippen LogP contribution in [0.3, 0.4) is 0 Å². The van der Waals surface area contributed by atoms with Gasteiger partial charge in [0.25, 0.3) is 5.91 Å². The van der Waals surface area contributed by atoms with Crippen molar-refractivity contribution in [2.75, 3.05) is 9.80 Å². The van der Waals surface area contributed by atoms with Gasteiger partial charge in [0, 0.05) is 17.6 Å². The first-order valence-electron chi connectivity index (χ1n) is 9.71. The lowest BCUT2D eigenvalue weighted by Crippen LogP contribution is -2.39. The van der Waals surface area contributed by atoms with Gasteiger partial charge < -0.3 is 4.74 Å². The van der Waals surface area contributed by atoms with Crippen molar-refractivity contribution < 1.29 is 31.9 Å². The van der Waals surface area contributed by atoms with Crippen LogP contribution in [-0.4, -0.2) is 28.8 Å². The molecule has 164 valence electrons. The zero-order chi connectivity index (χ0) is 22.8.